The minimum Gasteiger partial charge on any atom is -0.435 e. The lowest BCUT2D eigenvalue weighted by Crippen LogP contribution is -2.02. The van der Waals surface area contributed by atoms with E-state index in [1.807, 2.05) is 6.07 Å². The highest BCUT2D eigenvalue weighted by molar-refractivity contribution is 5.41. The van der Waals surface area contributed by atoms with Crippen LogP contribution in [-0.4, -0.2) is 6.61 Å². The Morgan fingerprint density at radius 1 is 1.38 bits per heavy atom. The predicted octanol–water partition coefficient (Wildman–Crippen LogP) is 2.34. The molecular weight excluding hydrogens is 176 g/mol. The van der Waals surface area contributed by atoms with Gasteiger partial charge in [0.25, 0.3) is 0 Å². The number of halogens is 2. The van der Waals surface area contributed by atoms with Crippen LogP contribution in [0.25, 0.3) is 0 Å². The summed E-state index contributed by atoms with van der Waals surface area (Å²) >= 11 is 0. The standard InChI is InChI=1S/C9H6F2NO/c1-6-2-7(5-12)4-8(3-6)13-9(10)11/h2-4,9H,1H2. The molecule has 1 aromatic rings. The molecule has 67 valence electrons. The van der Waals surface area contributed by atoms with Crippen molar-refractivity contribution >= 4 is 0 Å². The van der Waals surface area contributed by atoms with Gasteiger partial charge in [-0.25, -0.2) is 0 Å². The molecule has 0 saturated carbocycles. The van der Waals surface area contributed by atoms with Gasteiger partial charge in [-0.05, 0) is 30.7 Å². The van der Waals surface area contributed by atoms with Crippen LogP contribution in [-0.2, 0) is 0 Å². The molecule has 2 nitrogen and oxygen atoms in total. The number of benzene rings is 1. The lowest BCUT2D eigenvalue weighted by atomic mass is 10.1. The number of nitriles is 1. The van der Waals surface area contributed by atoms with Gasteiger partial charge in [0.1, 0.15) is 5.75 Å². The Morgan fingerprint density at radius 3 is 2.62 bits per heavy atom. The molecule has 1 radical (unpaired) electrons. The van der Waals surface area contributed by atoms with Gasteiger partial charge in [0.15, 0.2) is 0 Å². The van der Waals surface area contributed by atoms with E-state index >= 15 is 0 Å². The van der Waals surface area contributed by atoms with Crippen molar-refractivity contribution < 1.29 is 13.5 Å². The summed E-state index contributed by atoms with van der Waals surface area (Å²) in [4.78, 5) is 0. The van der Waals surface area contributed by atoms with Crippen molar-refractivity contribution in [3.05, 3.63) is 36.2 Å². The number of alkyl halides is 2. The van der Waals surface area contributed by atoms with Gasteiger partial charge in [-0.3, -0.25) is 0 Å². The minimum absolute atomic E-state index is 0.0425. The molecule has 1 rings (SSSR count). The maximum atomic E-state index is 11.8. The first-order valence-corrected chi connectivity index (χ1v) is 3.44. The summed E-state index contributed by atoms with van der Waals surface area (Å²) < 4.78 is 27.6. The van der Waals surface area contributed by atoms with Crippen molar-refractivity contribution in [2.45, 2.75) is 6.61 Å². The molecule has 0 fully saturated rings. The van der Waals surface area contributed by atoms with Crippen molar-refractivity contribution in [3.63, 3.8) is 0 Å². The number of nitrogens with zero attached hydrogens (tertiary/aromatic N) is 1. The molecule has 0 bridgehead atoms. The van der Waals surface area contributed by atoms with Gasteiger partial charge in [-0.15, -0.1) is 0 Å². The average molecular weight is 182 g/mol. The fourth-order valence-corrected chi connectivity index (χ4v) is 0.896. The average Bonchev–Trinajstić information content (AvgIpc) is 2.01. The zero-order chi connectivity index (χ0) is 9.84. The van der Waals surface area contributed by atoms with Crippen molar-refractivity contribution in [3.8, 4) is 11.8 Å². The Morgan fingerprint density at radius 2 is 2.08 bits per heavy atom. The van der Waals surface area contributed by atoms with Gasteiger partial charge in [0, 0.05) is 0 Å². The quantitative estimate of drug-likeness (QED) is 0.703. The van der Waals surface area contributed by atoms with Gasteiger partial charge in [-0.1, -0.05) is 0 Å². The van der Waals surface area contributed by atoms with Crippen molar-refractivity contribution in [1.82, 2.24) is 0 Å². The van der Waals surface area contributed by atoms with Gasteiger partial charge < -0.3 is 4.74 Å². The molecule has 0 aliphatic heterocycles. The molecule has 0 aromatic heterocycles. The molecular formula is C9H6F2NO. The highest BCUT2D eigenvalue weighted by Gasteiger charge is 2.05. The minimum atomic E-state index is -2.88. The fraction of sp³-hybridized carbons (Fsp3) is 0.111. The Labute approximate surface area is 74.4 Å². The highest BCUT2D eigenvalue weighted by Crippen LogP contribution is 2.18. The second-order valence-corrected chi connectivity index (χ2v) is 2.36. The molecule has 0 heterocycles. The molecule has 0 unspecified atom stereocenters. The van der Waals surface area contributed by atoms with E-state index in [1.165, 1.54) is 18.2 Å². The van der Waals surface area contributed by atoms with E-state index in [-0.39, 0.29) is 11.3 Å². The normalized spacial score (nSPS) is 9.77. The number of hydrogen-bond acceptors (Lipinski definition) is 2. The Balaban J connectivity index is 2.96. The van der Waals surface area contributed by atoms with E-state index in [0.717, 1.165) is 0 Å². The van der Waals surface area contributed by atoms with Crippen LogP contribution >= 0.6 is 0 Å². The molecule has 0 atom stereocenters. The maximum absolute atomic E-state index is 11.8. The van der Waals surface area contributed by atoms with E-state index in [4.69, 9.17) is 5.26 Å². The van der Waals surface area contributed by atoms with E-state index in [0.29, 0.717) is 5.56 Å². The third-order valence-corrected chi connectivity index (χ3v) is 1.32. The predicted molar refractivity (Wildman–Crippen MR) is 42.2 cm³/mol. The van der Waals surface area contributed by atoms with E-state index in [9.17, 15) is 8.78 Å². The third-order valence-electron chi connectivity index (χ3n) is 1.32. The Bertz CT molecular complexity index is 344. The number of rotatable bonds is 2. The zero-order valence-corrected chi connectivity index (χ0v) is 6.63. The van der Waals surface area contributed by atoms with Crippen LogP contribution in [0, 0.1) is 18.3 Å². The molecule has 0 aliphatic rings. The van der Waals surface area contributed by atoms with E-state index in [1.54, 1.807) is 0 Å². The highest BCUT2D eigenvalue weighted by atomic mass is 19.3. The van der Waals surface area contributed by atoms with Crippen LogP contribution in [0.3, 0.4) is 0 Å². The first-order chi connectivity index (χ1) is 6.11. The Kier molecular flexibility index (Phi) is 2.80. The first-order valence-electron chi connectivity index (χ1n) is 3.44. The lowest BCUT2D eigenvalue weighted by Gasteiger charge is -2.04. The van der Waals surface area contributed by atoms with Crippen LogP contribution in [0.1, 0.15) is 11.1 Å². The van der Waals surface area contributed by atoms with Crippen LogP contribution in [0.15, 0.2) is 18.2 Å². The summed E-state index contributed by atoms with van der Waals surface area (Å²) in [7, 11) is 0. The van der Waals surface area contributed by atoms with Crippen LogP contribution in [0.4, 0.5) is 8.78 Å². The lowest BCUT2D eigenvalue weighted by molar-refractivity contribution is -0.0498. The smallest absolute Gasteiger partial charge is 0.387 e. The SMILES string of the molecule is [CH2]c1cc(C#N)cc(OC(F)F)c1. The van der Waals surface area contributed by atoms with E-state index < -0.39 is 6.61 Å². The second kappa shape index (κ2) is 3.85. The maximum Gasteiger partial charge on any atom is 0.387 e. The number of hydrogen-bond donors (Lipinski definition) is 0. The zero-order valence-electron chi connectivity index (χ0n) is 6.63. The summed E-state index contributed by atoms with van der Waals surface area (Å²) in [6.07, 6.45) is 0. The molecule has 0 amide bonds. The van der Waals surface area contributed by atoms with Crippen LogP contribution in [0.5, 0.6) is 5.75 Å². The van der Waals surface area contributed by atoms with Gasteiger partial charge in [-0.2, -0.15) is 14.0 Å². The fourth-order valence-electron chi connectivity index (χ4n) is 0.896. The topological polar surface area (TPSA) is 33.0 Å². The van der Waals surface area contributed by atoms with Gasteiger partial charge in [0.05, 0.1) is 11.6 Å². The molecule has 13 heavy (non-hydrogen) atoms. The number of ether oxygens (including phenoxy) is 1. The molecule has 0 N–H and O–H groups in total. The van der Waals surface area contributed by atoms with Crippen molar-refractivity contribution in [1.29, 1.82) is 5.26 Å². The third kappa shape index (κ3) is 2.71. The monoisotopic (exact) mass is 182 g/mol. The summed E-state index contributed by atoms with van der Waals surface area (Å²) in [6, 6.07) is 5.88. The van der Waals surface area contributed by atoms with Gasteiger partial charge >= 0.3 is 6.61 Å². The van der Waals surface area contributed by atoms with E-state index in [2.05, 4.69) is 11.7 Å². The molecule has 4 heteroatoms. The summed E-state index contributed by atoms with van der Waals surface area (Å²) in [5.41, 5.74) is 0.720. The Hall–Kier alpha value is -1.63. The second-order valence-electron chi connectivity index (χ2n) is 2.36. The molecule has 0 aliphatic carbocycles. The van der Waals surface area contributed by atoms with Crippen LogP contribution < -0.4 is 4.74 Å². The first kappa shape index (κ1) is 9.46. The largest absolute Gasteiger partial charge is 0.435 e. The van der Waals surface area contributed by atoms with Crippen molar-refractivity contribution in [2.75, 3.05) is 0 Å². The van der Waals surface area contributed by atoms with Crippen LogP contribution in [0.2, 0.25) is 0 Å². The van der Waals surface area contributed by atoms with Crippen molar-refractivity contribution in [2.24, 2.45) is 0 Å². The summed E-state index contributed by atoms with van der Waals surface area (Å²) in [6.45, 7) is 0.640. The summed E-state index contributed by atoms with van der Waals surface area (Å²) in [5, 5.41) is 8.50. The molecule has 1 aromatic carbocycles. The molecule has 0 spiro atoms. The molecule has 0 saturated heterocycles. The summed E-state index contributed by atoms with van der Waals surface area (Å²) in [5.74, 6) is -0.0425. The van der Waals surface area contributed by atoms with Gasteiger partial charge in [0.2, 0.25) is 0 Å².